The fourth-order valence-electron chi connectivity index (χ4n) is 4.62. The van der Waals surface area contributed by atoms with Gasteiger partial charge in [0.2, 0.25) is 10.0 Å². The van der Waals surface area contributed by atoms with E-state index in [0.717, 1.165) is 12.8 Å². The van der Waals surface area contributed by atoms with Crippen molar-refractivity contribution >= 4 is 27.7 Å². The van der Waals surface area contributed by atoms with Gasteiger partial charge >= 0.3 is 0 Å². The number of methoxy groups -OCH3 is 1. The van der Waals surface area contributed by atoms with Crippen molar-refractivity contribution in [2.45, 2.75) is 36.6 Å². The van der Waals surface area contributed by atoms with Gasteiger partial charge in [-0.05, 0) is 31.6 Å². The van der Waals surface area contributed by atoms with E-state index < -0.39 is 15.8 Å². The molecular weight excluding hydrogens is 469 g/mol. The fraction of sp³-hybridized carbons (Fsp3) is 0.682. The zero-order valence-corrected chi connectivity index (χ0v) is 21.2. The van der Waals surface area contributed by atoms with Crippen LogP contribution in [-0.2, 0) is 14.8 Å². The number of nitrogens with one attached hydrogen (secondary N) is 1. The highest BCUT2D eigenvalue weighted by Crippen LogP contribution is 2.32. The Bertz CT molecular complexity index is 905. The summed E-state index contributed by atoms with van der Waals surface area (Å²) in [6, 6.07) is 2.55. The number of hydrogen-bond acceptors (Lipinski definition) is 7. The lowest BCUT2D eigenvalue weighted by Crippen LogP contribution is -2.63. The van der Waals surface area contributed by atoms with Crippen molar-refractivity contribution in [3.05, 3.63) is 23.5 Å². The molecule has 2 aliphatic rings. The minimum atomic E-state index is -3.22. The molecule has 33 heavy (non-hydrogen) atoms. The van der Waals surface area contributed by atoms with Crippen LogP contribution in [0.5, 0.6) is 5.75 Å². The molecule has 0 unspecified atom stereocenters. The molecule has 0 aromatic heterocycles. The molecule has 0 saturated carbocycles. The highest BCUT2D eigenvalue weighted by Gasteiger charge is 2.41. The van der Waals surface area contributed by atoms with E-state index >= 15 is 0 Å². The minimum absolute atomic E-state index is 0.166. The second-order valence-corrected chi connectivity index (χ2v) is 11.3. The first-order valence-corrected chi connectivity index (χ1v) is 14.1. The van der Waals surface area contributed by atoms with Gasteiger partial charge in [-0.2, -0.15) is 4.31 Å². The minimum Gasteiger partial charge on any atom is -0.496 e. The number of amides is 1. The van der Waals surface area contributed by atoms with E-state index in [9.17, 15) is 17.6 Å². The van der Waals surface area contributed by atoms with Gasteiger partial charge in [-0.15, -0.1) is 11.8 Å². The summed E-state index contributed by atoms with van der Waals surface area (Å²) >= 11 is 1.29. The first-order chi connectivity index (χ1) is 15.8. The Balaban J connectivity index is 1.74. The lowest BCUT2D eigenvalue weighted by Gasteiger charge is -2.49. The zero-order chi connectivity index (χ0) is 24.1. The van der Waals surface area contributed by atoms with E-state index in [4.69, 9.17) is 9.47 Å². The molecule has 1 N–H and O–H groups in total. The number of halogens is 1. The quantitative estimate of drug-likeness (QED) is 0.517. The molecule has 0 bridgehead atoms. The van der Waals surface area contributed by atoms with E-state index in [1.165, 1.54) is 31.0 Å². The van der Waals surface area contributed by atoms with Crippen molar-refractivity contribution in [3.63, 3.8) is 0 Å². The van der Waals surface area contributed by atoms with Gasteiger partial charge in [0, 0.05) is 62.4 Å². The number of sulfonamides is 1. The molecule has 2 heterocycles. The summed E-state index contributed by atoms with van der Waals surface area (Å²) in [6.07, 6.45) is 3.87. The summed E-state index contributed by atoms with van der Waals surface area (Å²) in [7, 11) is -1.80. The molecule has 3 rings (SSSR count). The topological polar surface area (TPSA) is 88.2 Å². The van der Waals surface area contributed by atoms with Gasteiger partial charge in [-0.3, -0.25) is 9.69 Å². The number of carbonyl (C=O) groups is 1. The summed E-state index contributed by atoms with van der Waals surface area (Å²) in [5, 5.41) is 3.05. The van der Waals surface area contributed by atoms with Crippen LogP contribution in [0, 0.1) is 5.82 Å². The van der Waals surface area contributed by atoms with E-state index in [1.54, 1.807) is 10.6 Å². The summed E-state index contributed by atoms with van der Waals surface area (Å²) < 4.78 is 51.3. The van der Waals surface area contributed by atoms with Crippen LogP contribution < -0.4 is 10.1 Å². The van der Waals surface area contributed by atoms with Crippen LogP contribution in [0.4, 0.5) is 4.39 Å². The SMILES string of the molecule is CCCS(=O)(=O)N1CCN(C2(CNC(=O)c3c(OC)cc(F)cc3SC)CCOCC2)CC1. The van der Waals surface area contributed by atoms with Gasteiger partial charge in [0.15, 0.2) is 0 Å². The maximum Gasteiger partial charge on any atom is 0.256 e. The molecule has 8 nitrogen and oxygen atoms in total. The third kappa shape index (κ3) is 6.00. The highest BCUT2D eigenvalue weighted by molar-refractivity contribution is 7.98. The third-order valence-corrected chi connectivity index (χ3v) is 9.30. The molecular formula is C22H34FN3O5S2. The second-order valence-electron chi connectivity index (χ2n) is 8.41. The first kappa shape index (κ1) is 26.2. The molecule has 186 valence electrons. The predicted molar refractivity (Wildman–Crippen MR) is 127 cm³/mol. The Morgan fingerprint density at radius 3 is 2.48 bits per heavy atom. The van der Waals surface area contributed by atoms with E-state index in [1.807, 2.05) is 6.92 Å². The second kappa shape index (κ2) is 11.4. The van der Waals surface area contributed by atoms with Crippen molar-refractivity contribution in [3.8, 4) is 5.75 Å². The highest BCUT2D eigenvalue weighted by atomic mass is 32.2. The van der Waals surface area contributed by atoms with Crippen molar-refractivity contribution in [2.75, 3.05) is 65.1 Å². The summed E-state index contributed by atoms with van der Waals surface area (Å²) in [5.41, 5.74) is 0.00508. The van der Waals surface area contributed by atoms with Crippen LogP contribution in [-0.4, -0.2) is 94.1 Å². The monoisotopic (exact) mass is 503 g/mol. The first-order valence-electron chi connectivity index (χ1n) is 11.3. The Morgan fingerprint density at radius 2 is 1.91 bits per heavy atom. The lowest BCUT2D eigenvalue weighted by atomic mass is 9.87. The van der Waals surface area contributed by atoms with Crippen molar-refractivity contribution in [2.24, 2.45) is 0 Å². The number of carbonyl (C=O) groups excluding carboxylic acids is 1. The van der Waals surface area contributed by atoms with Crippen molar-refractivity contribution in [1.82, 2.24) is 14.5 Å². The zero-order valence-electron chi connectivity index (χ0n) is 19.6. The number of ether oxygens (including phenoxy) is 2. The van der Waals surface area contributed by atoms with Crippen LogP contribution in [0.25, 0.3) is 0 Å². The standard InChI is InChI=1S/C22H34FN3O5S2/c1-4-13-33(28,29)26-9-7-25(8-10-26)22(5-11-31-12-6-22)16-24-21(27)20-18(30-2)14-17(23)15-19(20)32-3/h14-15H,4-13,16H2,1-3H3,(H,24,27). The Hall–Kier alpha value is -1.40. The number of nitrogens with zero attached hydrogens (tertiary/aromatic N) is 2. The molecule has 0 aliphatic carbocycles. The number of hydrogen-bond donors (Lipinski definition) is 1. The molecule has 1 amide bonds. The van der Waals surface area contributed by atoms with E-state index in [2.05, 4.69) is 10.2 Å². The van der Waals surface area contributed by atoms with Crippen LogP contribution >= 0.6 is 11.8 Å². The number of piperazine rings is 1. The molecule has 0 atom stereocenters. The summed E-state index contributed by atoms with van der Waals surface area (Å²) in [6.45, 7) is 5.53. The molecule has 2 aliphatic heterocycles. The van der Waals surface area contributed by atoms with E-state index in [-0.39, 0.29) is 22.9 Å². The van der Waals surface area contributed by atoms with Crippen molar-refractivity contribution in [1.29, 1.82) is 0 Å². The predicted octanol–water partition coefficient (Wildman–Crippen LogP) is 2.19. The average molecular weight is 504 g/mol. The van der Waals surface area contributed by atoms with Crippen LogP contribution in [0.2, 0.25) is 0 Å². The van der Waals surface area contributed by atoms with Gasteiger partial charge < -0.3 is 14.8 Å². The third-order valence-electron chi connectivity index (χ3n) is 6.46. The Labute approximate surface area is 200 Å². The molecule has 1 aromatic carbocycles. The van der Waals surface area contributed by atoms with Gasteiger partial charge in [0.1, 0.15) is 11.6 Å². The number of thioether (sulfide) groups is 1. The van der Waals surface area contributed by atoms with E-state index in [0.29, 0.717) is 62.8 Å². The van der Waals surface area contributed by atoms with Gasteiger partial charge in [0.05, 0.1) is 18.4 Å². The molecule has 2 saturated heterocycles. The van der Waals surface area contributed by atoms with Gasteiger partial charge in [-0.25, -0.2) is 12.8 Å². The van der Waals surface area contributed by atoms with Gasteiger partial charge in [-0.1, -0.05) is 6.92 Å². The fourth-order valence-corrected chi connectivity index (χ4v) is 6.74. The normalized spacial score (nSPS) is 19.9. The molecule has 0 spiro atoms. The Kier molecular flexibility index (Phi) is 9.02. The molecule has 0 radical (unpaired) electrons. The maximum atomic E-state index is 13.9. The lowest BCUT2D eigenvalue weighted by molar-refractivity contribution is -0.0385. The summed E-state index contributed by atoms with van der Waals surface area (Å²) in [5.74, 6) is -0.400. The smallest absolute Gasteiger partial charge is 0.256 e. The Morgan fingerprint density at radius 1 is 1.24 bits per heavy atom. The largest absolute Gasteiger partial charge is 0.496 e. The van der Waals surface area contributed by atoms with Crippen molar-refractivity contribution < 1.29 is 27.1 Å². The van der Waals surface area contributed by atoms with Crippen LogP contribution in [0.1, 0.15) is 36.5 Å². The summed E-state index contributed by atoms with van der Waals surface area (Å²) in [4.78, 5) is 16.0. The number of benzene rings is 1. The molecule has 2 fully saturated rings. The number of rotatable bonds is 9. The molecule has 1 aromatic rings. The van der Waals surface area contributed by atoms with Crippen LogP contribution in [0.3, 0.4) is 0 Å². The van der Waals surface area contributed by atoms with Gasteiger partial charge in [0.25, 0.3) is 5.91 Å². The molecule has 11 heteroatoms. The van der Waals surface area contributed by atoms with Crippen LogP contribution in [0.15, 0.2) is 17.0 Å². The average Bonchev–Trinajstić information content (AvgIpc) is 2.82. The maximum absolute atomic E-state index is 13.9.